The van der Waals surface area contributed by atoms with E-state index in [0.717, 1.165) is 56.9 Å². The van der Waals surface area contributed by atoms with E-state index < -0.39 is 0 Å². The number of phenolic OH excluding ortho intramolecular Hbond substituents is 2. The van der Waals surface area contributed by atoms with E-state index in [4.69, 9.17) is 4.74 Å². The van der Waals surface area contributed by atoms with Gasteiger partial charge in [-0.05, 0) is 55.2 Å². The average molecular weight is 377 g/mol. The van der Waals surface area contributed by atoms with Crippen molar-refractivity contribution in [1.29, 1.82) is 0 Å². The van der Waals surface area contributed by atoms with Gasteiger partial charge in [-0.15, -0.1) is 0 Å². The Hall–Kier alpha value is -1.71. The lowest BCUT2D eigenvalue weighted by Crippen LogP contribution is -2.21. The van der Waals surface area contributed by atoms with Crippen LogP contribution in [0.25, 0.3) is 0 Å². The Kier molecular flexibility index (Phi) is 8.00. The summed E-state index contributed by atoms with van der Waals surface area (Å²) in [6.45, 7) is 6.91. The normalized spacial score (nSPS) is 16.9. The summed E-state index contributed by atoms with van der Waals surface area (Å²) in [7, 11) is 0. The van der Waals surface area contributed by atoms with Crippen LogP contribution in [0.2, 0.25) is 0 Å². The first-order valence-electron chi connectivity index (χ1n) is 10.5. The number of carbonyl (C=O) groups excluding carboxylic acids is 1. The quantitative estimate of drug-likeness (QED) is 0.429. The third-order valence-corrected chi connectivity index (χ3v) is 6.00. The fourth-order valence-corrected chi connectivity index (χ4v) is 4.05. The molecule has 1 aromatic rings. The van der Waals surface area contributed by atoms with Crippen LogP contribution in [0.5, 0.6) is 11.5 Å². The van der Waals surface area contributed by atoms with Crippen molar-refractivity contribution in [3.05, 3.63) is 23.8 Å². The molecule has 0 aliphatic heterocycles. The smallest absolute Gasteiger partial charge is 0.308 e. The molecule has 0 saturated heterocycles. The fraction of sp³-hybridized carbons (Fsp3) is 0.696. The number of carbonyl (C=O) groups is 1. The highest BCUT2D eigenvalue weighted by Crippen LogP contribution is 2.37. The Labute approximate surface area is 163 Å². The highest BCUT2D eigenvalue weighted by atomic mass is 16.5. The monoisotopic (exact) mass is 376 g/mol. The molecule has 1 aliphatic rings. The van der Waals surface area contributed by atoms with Gasteiger partial charge >= 0.3 is 5.97 Å². The third-order valence-electron chi connectivity index (χ3n) is 6.00. The van der Waals surface area contributed by atoms with Crippen molar-refractivity contribution in [3.63, 3.8) is 0 Å². The molecule has 152 valence electrons. The predicted molar refractivity (Wildman–Crippen MR) is 108 cm³/mol. The number of phenols is 2. The molecule has 4 nitrogen and oxygen atoms in total. The zero-order valence-corrected chi connectivity index (χ0v) is 17.2. The van der Waals surface area contributed by atoms with Gasteiger partial charge in [0.1, 0.15) is 11.5 Å². The van der Waals surface area contributed by atoms with Crippen LogP contribution >= 0.6 is 0 Å². The van der Waals surface area contributed by atoms with Crippen LogP contribution < -0.4 is 0 Å². The number of esters is 1. The summed E-state index contributed by atoms with van der Waals surface area (Å²) in [5.74, 6) is 1.05. The lowest BCUT2D eigenvalue weighted by atomic mass is 9.79. The average Bonchev–Trinajstić information content (AvgIpc) is 2.64. The molecule has 1 aromatic carbocycles. The summed E-state index contributed by atoms with van der Waals surface area (Å²) in [6, 6.07) is 4.71. The van der Waals surface area contributed by atoms with Crippen LogP contribution in [-0.2, 0) is 14.9 Å². The first-order chi connectivity index (χ1) is 12.8. The highest BCUT2D eigenvalue weighted by molar-refractivity contribution is 5.72. The van der Waals surface area contributed by atoms with Crippen LogP contribution in [-0.4, -0.2) is 22.8 Å². The molecule has 0 amide bonds. The van der Waals surface area contributed by atoms with Crippen LogP contribution in [0.1, 0.15) is 84.1 Å². The van der Waals surface area contributed by atoms with E-state index in [-0.39, 0.29) is 28.8 Å². The maximum atomic E-state index is 12.1. The molecule has 27 heavy (non-hydrogen) atoms. The molecule has 0 aromatic heterocycles. The first-order valence-corrected chi connectivity index (χ1v) is 10.5. The van der Waals surface area contributed by atoms with Gasteiger partial charge in [0, 0.05) is 5.56 Å². The van der Waals surface area contributed by atoms with Crippen molar-refractivity contribution < 1.29 is 19.7 Å². The second-order valence-corrected chi connectivity index (χ2v) is 8.87. The summed E-state index contributed by atoms with van der Waals surface area (Å²) in [6.07, 6.45) is 9.45. The first kappa shape index (κ1) is 21.6. The number of ether oxygens (including phenoxy) is 1. The number of hydrogen-bond donors (Lipinski definition) is 2. The standard InChI is InChI=1S/C23H36O4/c1-17(13-15-27-22(26)18-9-5-4-6-10-18)8-7-14-23(2,3)20-16-19(24)11-12-21(20)25/h11-12,16-18,24-25H,4-10,13-15H2,1-3H3. The van der Waals surface area contributed by atoms with Gasteiger partial charge in [0.25, 0.3) is 0 Å². The summed E-state index contributed by atoms with van der Waals surface area (Å²) in [4.78, 5) is 12.1. The van der Waals surface area contributed by atoms with E-state index in [0.29, 0.717) is 12.5 Å². The molecule has 0 radical (unpaired) electrons. The summed E-state index contributed by atoms with van der Waals surface area (Å²) in [5.41, 5.74) is 0.590. The molecule has 1 atom stereocenters. The Morgan fingerprint density at radius 2 is 1.89 bits per heavy atom. The van der Waals surface area contributed by atoms with E-state index in [1.54, 1.807) is 12.1 Å². The second kappa shape index (κ2) is 10.0. The van der Waals surface area contributed by atoms with Gasteiger partial charge in [0.2, 0.25) is 0 Å². The molecule has 4 heteroatoms. The summed E-state index contributed by atoms with van der Waals surface area (Å²) in [5, 5.41) is 19.8. The van der Waals surface area contributed by atoms with Gasteiger partial charge in [-0.25, -0.2) is 0 Å². The Morgan fingerprint density at radius 1 is 1.19 bits per heavy atom. The van der Waals surface area contributed by atoms with Gasteiger partial charge in [-0.2, -0.15) is 0 Å². The molecule has 0 spiro atoms. The van der Waals surface area contributed by atoms with Gasteiger partial charge in [0.15, 0.2) is 0 Å². The van der Waals surface area contributed by atoms with Crippen molar-refractivity contribution in [3.8, 4) is 11.5 Å². The molecule has 2 N–H and O–H groups in total. The van der Waals surface area contributed by atoms with Crippen LogP contribution in [0.15, 0.2) is 18.2 Å². The van der Waals surface area contributed by atoms with E-state index in [1.165, 1.54) is 12.5 Å². The minimum atomic E-state index is -0.198. The van der Waals surface area contributed by atoms with Crippen LogP contribution in [0, 0.1) is 11.8 Å². The molecule has 1 fully saturated rings. The molecule has 1 aliphatic carbocycles. The van der Waals surface area contributed by atoms with E-state index >= 15 is 0 Å². The van der Waals surface area contributed by atoms with Crippen molar-refractivity contribution in [2.24, 2.45) is 11.8 Å². The maximum absolute atomic E-state index is 12.1. The minimum absolute atomic E-state index is 0.00222. The number of benzene rings is 1. The van der Waals surface area contributed by atoms with E-state index in [2.05, 4.69) is 20.8 Å². The lowest BCUT2D eigenvalue weighted by molar-refractivity contribution is -0.150. The van der Waals surface area contributed by atoms with Crippen molar-refractivity contribution >= 4 is 5.97 Å². The Morgan fingerprint density at radius 3 is 2.59 bits per heavy atom. The molecule has 0 bridgehead atoms. The van der Waals surface area contributed by atoms with Crippen LogP contribution in [0.4, 0.5) is 0 Å². The molecule has 1 unspecified atom stereocenters. The maximum Gasteiger partial charge on any atom is 0.308 e. The molecule has 2 rings (SSSR count). The summed E-state index contributed by atoms with van der Waals surface area (Å²) >= 11 is 0. The SMILES string of the molecule is CC(CCCC(C)(C)c1cc(O)ccc1O)CCOC(=O)C1CCCCC1. The lowest BCUT2D eigenvalue weighted by Gasteiger charge is -2.27. The Bertz CT molecular complexity index is 602. The zero-order valence-electron chi connectivity index (χ0n) is 17.2. The number of hydrogen-bond acceptors (Lipinski definition) is 4. The third kappa shape index (κ3) is 6.75. The van der Waals surface area contributed by atoms with Gasteiger partial charge in [-0.3, -0.25) is 4.79 Å². The van der Waals surface area contributed by atoms with E-state index in [9.17, 15) is 15.0 Å². The van der Waals surface area contributed by atoms with Gasteiger partial charge < -0.3 is 14.9 Å². The topological polar surface area (TPSA) is 66.8 Å². The Balaban J connectivity index is 1.68. The van der Waals surface area contributed by atoms with Crippen molar-refractivity contribution in [2.45, 2.75) is 84.0 Å². The fourth-order valence-electron chi connectivity index (χ4n) is 4.05. The zero-order chi connectivity index (χ0) is 19.9. The van der Waals surface area contributed by atoms with Crippen LogP contribution in [0.3, 0.4) is 0 Å². The number of rotatable bonds is 9. The molecule has 0 heterocycles. The van der Waals surface area contributed by atoms with Gasteiger partial charge in [-0.1, -0.05) is 52.9 Å². The molecular weight excluding hydrogens is 340 g/mol. The predicted octanol–water partition coefficient (Wildman–Crippen LogP) is 5.70. The summed E-state index contributed by atoms with van der Waals surface area (Å²) < 4.78 is 5.50. The van der Waals surface area contributed by atoms with Crippen molar-refractivity contribution in [1.82, 2.24) is 0 Å². The highest BCUT2D eigenvalue weighted by Gasteiger charge is 2.25. The minimum Gasteiger partial charge on any atom is -0.508 e. The molecule has 1 saturated carbocycles. The van der Waals surface area contributed by atoms with Crippen molar-refractivity contribution in [2.75, 3.05) is 6.61 Å². The van der Waals surface area contributed by atoms with E-state index in [1.807, 2.05) is 0 Å². The van der Waals surface area contributed by atoms with Gasteiger partial charge in [0.05, 0.1) is 12.5 Å². The second-order valence-electron chi connectivity index (χ2n) is 8.87. The molecular formula is C23H36O4. The number of aromatic hydroxyl groups is 2. The largest absolute Gasteiger partial charge is 0.508 e.